The molecule has 2 N–H and O–H groups in total. The number of hydrogen-bond acceptors (Lipinski definition) is 4. The first-order valence-electron chi connectivity index (χ1n) is 8.03. The van der Waals surface area contributed by atoms with Gasteiger partial charge in [-0.3, -0.25) is 9.59 Å². The smallest absolute Gasteiger partial charge is 0.274 e. The van der Waals surface area contributed by atoms with Gasteiger partial charge in [-0.1, -0.05) is 37.3 Å². The molecule has 0 saturated carbocycles. The summed E-state index contributed by atoms with van der Waals surface area (Å²) in [5.74, 6) is -0.277. The van der Waals surface area contributed by atoms with E-state index in [1.807, 2.05) is 18.2 Å². The molecule has 2 atom stereocenters. The van der Waals surface area contributed by atoms with Crippen LogP contribution in [0.3, 0.4) is 0 Å². The summed E-state index contributed by atoms with van der Waals surface area (Å²) in [6, 6.07) is 10.3. The van der Waals surface area contributed by atoms with Crippen LogP contribution in [0, 0.1) is 5.92 Å². The van der Waals surface area contributed by atoms with Gasteiger partial charge in [0.1, 0.15) is 0 Å². The maximum atomic E-state index is 12.7. The Balaban J connectivity index is 1.77. The topological polar surface area (TPSA) is 89.2 Å². The molecular formula is C18H20N4O2. The minimum atomic E-state index is -0.737. The number of amides is 2. The largest absolute Gasteiger partial charge is 0.364 e. The number of piperidine rings is 1. The van der Waals surface area contributed by atoms with Gasteiger partial charge in [0, 0.05) is 25.5 Å². The fourth-order valence-electron chi connectivity index (χ4n) is 3.35. The summed E-state index contributed by atoms with van der Waals surface area (Å²) in [5.41, 5.74) is 6.56. The van der Waals surface area contributed by atoms with E-state index < -0.39 is 5.91 Å². The van der Waals surface area contributed by atoms with Gasteiger partial charge in [-0.25, -0.2) is 9.97 Å². The summed E-state index contributed by atoms with van der Waals surface area (Å²) in [5, 5.41) is 0. The third-order valence-corrected chi connectivity index (χ3v) is 4.55. The standard InChI is InChI=1S/C18H20N4O2/c1-12-11-22(10-7-14(12)13-5-3-2-4-6-13)18(24)16-15(17(19)23)20-8-9-21-16/h2-6,8-9,12,14H,7,10-11H2,1H3,(H2,19,23)/t12-,14+/m0/s1. The number of carbonyl (C=O) groups is 2. The highest BCUT2D eigenvalue weighted by atomic mass is 16.2. The number of carbonyl (C=O) groups excluding carboxylic acids is 2. The van der Waals surface area contributed by atoms with Gasteiger partial charge in [0.15, 0.2) is 11.4 Å². The molecule has 0 aliphatic carbocycles. The molecule has 3 rings (SSSR count). The van der Waals surface area contributed by atoms with Crippen LogP contribution in [-0.2, 0) is 0 Å². The molecular weight excluding hydrogens is 304 g/mol. The second-order valence-corrected chi connectivity index (χ2v) is 6.15. The summed E-state index contributed by atoms with van der Waals surface area (Å²) >= 11 is 0. The molecule has 1 aliphatic rings. The molecule has 6 heteroatoms. The monoisotopic (exact) mass is 324 g/mol. The number of primary amides is 1. The SMILES string of the molecule is C[C@H]1CN(C(=O)c2nccnc2C(N)=O)CC[C@H]1c1ccccc1. The van der Waals surface area contributed by atoms with Crippen LogP contribution < -0.4 is 5.73 Å². The Morgan fingerprint density at radius 1 is 1.12 bits per heavy atom. The Hall–Kier alpha value is -2.76. The first kappa shape index (κ1) is 16.1. The van der Waals surface area contributed by atoms with E-state index in [0.717, 1.165) is 6.42 Å². The molecule has 24 heavy (non-hydrogen) atoms. The summed E-state index contributed by atoms with van der Waals surface area (Å²) in [7, 11) is 0. The molecule has 0 bridgehead atoms. The van der Waals surface area contributed by atoms with Gasteiger partial charge in [0.25, 0.3) is 11.8 Å². The van der Waals surface area contributed by atoms with Crippen LogP contribution in [0.4, 0.5) is 0 Å². The van der Waals surface area contributed by atoms with E-state index in [1.165, 1.54) is 18.0 Å². The van der Waals surface area contributed by atoms with Crippen molar-refractivity contribution in [2.75, 3.05) is 13.1 Å². The van der Waals surface area contributed by atoms with Crippen LogP contribution in [0.5, 0.6) is 0 Å². The zero-order valence-corrected chi connectivity index (χ0v) is 13.6. The van der Waals surface area contributed by atoms with Gasteiger partial charge in [-0.2, -0.15) is 0 Å². The van der Waals surface area contributed by atoms with Crippen LogP contribution in [0.1, 0.15) is 45.8 Å². The molecule has 2 heterocycles. The van der Waals surface area contributed by atoms with Crippen molar-refractivity contribution in [3.8, 4) is 0 Å². The number of hydrogen-bond donors (Lipinski definition) is 1. The van der Waals surface area contributed by atoms with E-state index in [2.05, 4.69) is 29.0 Å². The Morgan fingerprint density at radius 2 is 1.79 bits per heavy atom. The molecule has 6 nitrogen and oxygen atoms in total. The van der Waals surface area contributed by atoms with E-state index in [-0.39, 0.29) is 17.3 Å². The first-order chi connectivity index (χ1) is 11.6. The van der Waals surface area contributed by atoms with Gasteiger partial charge in [-0.05, 0) is 23.8 Å². The van der Waals surface area contributed by atoms with Gasteiger partial charge >= 0.3 is 0 Å². The number of rotatable bonds is 3. The molecule has 1 aromatic heterocycles. The van der Waals surface area contributed by atoms with Gasteiger partial charge in [0.05, 0.1) is 0 Å². The predicted octanol–water partition coefficient (Wildman–Crippen LogP) is 1.84. The lowest BCUT2D eigenvalue weighted by Gasteiger charge is -2.37. The average Bonchev–Trinajstić information content (AvgIpc) is 2.61. The van der Waals surface area contributed by atoms with Crippen molar-refractivity contribution in [2.45, 2.75) is 19.3 Å². The second-order valence-electron chi connectivity index (χ2n) is 6.15. The lowest BCUT2D eigenvalue weighted by atomic mass is 9.81. The van der Waals surface area contributed by atoms with E-state index in [9.17, 15) is 9.59 Å². The van der Waals surface area contributed by atoms with Crippen LogP contribution in [0.25, 0.3) is 0 Å². The Labute approximate surface area is 140 Å². The van der Waals surface area contributed by atoms with Gasteiger partial charge in [0.2, 0.25) is 0 Å². The Bertz CT molecular complexity index is 748. The van der Waals surface area contributed by atoms with Crippen LogP contribution in [0.15, 0.2) is 42.7 Å². The zero-order chi connectivity index (χ0) is 17.1. The zero-order valence-electron chi connectivity index (χ0n) is 13.6. The van der Waals surface area contributed by atoms with Gasteiger partial charge in [-0.15, -0.1) is 0 Å². The van der Waals surface area contributed by atoms with Crippen LogP contribution >= 0.6 is 0 Å². The third-order valence-electron chi connectivity index (χ3n) is 4.55. The fourth-order valence-corrected chi connectivity index (χ4v) is 3.35. The maximum absolute atomic E-state index is 12.7. The summed E-state index contributed by atoms with van der Waals surface area (Å²) in [6.45, 7) is 3.38. The molecule has 0 unspecified atom stereocenters. The molecule has 2 aromatic rings. The van der Waals surface area contributed by atoms with E-state index >= 15 is 0 Å². The molecule has 124 valence electrons. The van der Waals surface area contributed by atoms with Gasteiger partial charge < -0.3 is 10.6 Å². The maximum Gasteiger partial charge on any atom is 0.274 e. The lowest BCUT2D eigenvalue weighted by molar-refractivity contribution is 0.0650. The number of nitrogens with two attached hydrogens (primary N) is 1. The lowest BCUT2D eigenvalue weighted by Crippen LogP contribution is -2.43. The Kier molecular flexibility index (Phi) is 4.55. The Morgan fingerprint density at radius 3 is 2.42 bits per heavy atom. The minimum absolute atomic E-state index is 0.0374. The van der Waals surface area contributed by atoms with Crippen molar-refractivity contribution < 1.29 is 9.59 Å². The van der Waals surface area contributed by atoms with Crippen molar-refractivity contribution in [2.24, 2.45) is 11.7 Å². The van der Waals surface area contributed by atoms with E-state index in [0.29, 0.717) is 24.9 Å². The quantitative estimate of drug-likeness (QED) is 0.933. The molecule has 2 amide bonds. The van der Waals surface area contributed by atoms with Crippen LogP contribution in [-0.4, -0.2) is 39.8 Å². The molecule has 0 radical (unpaired) electrons. The number of benzene rings is 1. The number of likely N-dealkylation sites (tertiary alicyclic amines) is 1. The number of aromatic nitrogens is 2. The first-order valence-corrected chi connectivity index (χ1v) is 8.03. The van der Waals surface area contributed by atoms with Crippen molar-refractivity contribution >= 4 is 11.8 Å². The van der Waals surface area contributed by atoms with Crippen molar-refractivity contribution in [3.63, 3.8) is 0 Å². The van der Waals surface area contributed by atoms with Crippen molar-refractivity contribution in [1.29, 1.82) is 0 Å². The molecule has 1 aromatic carbocycles. The summed E-state index contributed by atoms with van der Waals surface area (Å²) in [6.07, 6.45) is 3.64. The highest BCUT2D eigenvalue weighted by molar-refractivity contribution is 6.03. The molecule has 1 fully saturated rings. The molecule has 1 aliphatic heterocycles. The highest BCUT2D eigenvalue weighted by Gasteiger charge is 2.32. The normalized spacial score (nSPS) is 20.6. The van der Waals surface area contributed by atoms with E-state index in [4.69, 9.17) is 5.73 Å². The molecule has 1 saturated heterocycles. The predicted molar refractivity (Wildman–Crippen MR) is 89.4 cm³/mol. The van der Waals surface area contributed by atoms with E-state index in [1.54, 1.807) is 4.90 Å². The summed E-state index contributed by atoms with van der Waals surface area (Å²) in [4.78, 5) is 33.8. The second kappa shape index (κ2) is 6.78. The fraction of sp³-hybridized carbons (Fsp3) is 0.333. The summed E-state index contributed by atoms with van der Waals surface area (Å²) < 4.78 is 0. The minimum Gasteiger partial charge on any atom is -0.364 e. The third kappa shape index (κ3) is 3.13. The average molecular weight is 324 g/mol. The van der Waals surface area contributed by atoms with Crippen molar-refractivity contribution in [3.05, 3.63) is 59.7 Å². The molecule has 0 spiro atoms. The van der Waals surface area contributed by atoms with Crippen molar-refractivity contribution in [1.82, 2.24) is 14.9 Å². The highest BCUT2D eigenvalue weighted by Crippen LogP contribution is 2.33. The van der Waals surface area contributed by atoms with Crippen LogP contribution in [0.2, 0.25) is 0 Å². The number of nitrogens with zero attached hydrogens (tertiary/aromatic N) is 3.